The van der Waals surface area contributed by atoms with Crippen LogP contribution >= 0.6 is 11.3 Å². The topological polar surface area (TPSA) is 52.7 Å². The van der Waals surface area contributed by atoms with Gasteiger partial charge in [-0.2, -0.15) is 0 Å². The highest BCUT2D eigenvalue weighted by atomic mass is 32.1. The summed E-state index contributed by atoms with van der Waals surface area (Å²) in [5.41, 5.74) is 0. The summed E-state index contributed by atoms with van der Waals surface area (Å²) in [5, 5.41) is 5.26. The first-order chi connectivity index (χ1) is 13.7. The Bertz CT molecular complexity index is 647. The Balaban J connectivity index is 1.21. The molecule has 154 valence electrons. The van der Waals surface area contributed by atoms with Crippen molar-refractivity contribution in [1.29, 1.82) is 0 Å². The smallest absolute Gasteiger partial charge is 0.263 e. The zero-order valence-corrected chi connectivity index (χ0v) is 17.6. The first-order valence-electron chi connectivity index (χ1n) is 11.1. The molecule has 2 aliphatic heterocycles. The van der Waals surface area contributed by atoms with Gasteiger partial charge in [0, 0.05) is 44.2 Å². The number of nitrogens with zero attached hydrogens (tertiary/aromatic N) is 2. The molecule has 1 aromatic heterocycles. The van der Waals surface area contributed by atoms with Crippen molar-refractivity contribution < 1.29 is 9.59 Å². The van der Waals surface area contributed by atoms with Crippen LogP contribution in [0.15, 0.2) is 17.5 Å². The van der Waals surface area contributed by atoms with Gasteiger partial charge in [0.05, 0.1) is 4.88 Å². The molecule has 2 amide bonds. The summed E-state index contributed by atoms with van der Waals surface area (Å²) in [6.45, 7) is 3.52. The molecule has 5 nitrogen and oxygen atoms in total. The van der Waals surface area contributed by atoms with Crippen LogP contribution in [0.3, 0.4) is 0 Å². The van der Waals surface area contributed by atoms with E-state index < -0.39 is 0 Å². The summed E-state index contributed by atoms with van der Waals surface area (Å²) in [7, 11) is 0. The lowest BCUT2D eigenvalue weighted by atomic mass is 9.95. The van der Waals surface area contributed by atoms with Crippen molar-refractivity contribution in [2.75, 3.05) is 26.2 Å². The SMILES string of the molecule is O=C(NC1CCN(C2CCCCCC2)C1)C1CCN(C(=O)c2cccs2)CC1. The molecular weight excluding hydrogens is 370 g/mol. The molecule has 1 N–H and O–H groups in total. The van der Waals surface area contributed by atoms with Gasteiger partial charge in [-0.3, -0.25) is 14.5 Å². The highest BCUT2D eigenvalue weighted by Gasteiger charge is 2.32. The fourth-order valence-electron chi connectivity index (χ4n) is 5.08. The van der Waals surface area contributed by atoms with Crippen LogP contribution in [0.2, 0.25) is 0 Å². The monoisotopic (exact) mass is 403 g/mol. The van der Waals surface area contributed by atoms with Gasteiger partial charge in [0.25, 0.3) is 5.91 Å². The molecule has 1 aliphatic carbocycles. The van der Waals surface area contributed by atoms with Crippen LogP contribution in [0, 0.1) is 5.92 Å². The number of hydrogen-bond acceptors (Lipinski definition) is 4. The largest absolute Gasteiger partial charge is 0.352 e. The van der Waals surface area contributed by atoms with E-state index >= 15 is 0 Å². The van der Waals surface area contributed by atoms with Crippen LogP contribution < -0.4 is 5.32 Å². The first-order valence-corrected chi connectivity index (χ1v) is 12.0. The lowest BCUT2D eigenvalue weighted by molar-refractivity contribution is -0.126. The molecule has 0 aromatic carbocycles. The Morgan fingerprint density at radius 1 is 0.964 bits per heavy atom. The van der Waals surface area contributed by atoms with Crippen LogP contribution in [0.1, 0.15) is 67.5 Å². The normalized spacial score (nSPS) is 25.6. The van der Waals surface area contributed by atoms with Crippen molar-refractivity contribution in [3.8, 4) is 0 Å². The molecule has 0 radical (unpaired) electrons. The van der Waals surface area contributed by atoms with Gasteiger partial charge < -0.3 is 10.2 Å². The van der Waals surface area contributed by atoms with Gasteiger partial charge in [-0.15, -0.1) is 11.3 Å². The molecule has 1 unspecified atom stereocenters. The molecule has 2 saturated heterocycles. The van der Waals surface area contributed by atoms with Crippen molar-refractivity contribution in [3.05, 3.63) is 22.4 Å². The number of likely N-dealkylation sites (tertiary alicyclic amines) is 2. The molecule has 1 atom stereocenters. The Labute approximate surface area is 172 Å². The summed E-state index contributed by atoms with van der Waals surface area (Å²) in [5.74, 6) is 0.374. The average molecular weight is 404 g/mol. The number of carbonyl (C=O) groups is 2. The van der Waals surface area contributed by atoms with E-state index in [1.807, 2.05) is 22.4 Å². The second kappa shape index (κ2) is 9.40. The summed E-state index contributed by atoms with van der Waals surface area (Å²) >= 11 is 1.49. The summed E-state index contributed by atoms with van der Waals surface area (Å²) in [6.07, 6.45) is 10.8. The number of carbonyl (C=O) groups excluding carboxylic acids is 2. The first kappa shape index (κ1) is 19.9. The highest BCUT2D eigenvalue weighted by Crippen LogP contribution is 2.26. The van der Waals surface area contributed by atoms with E-state index in [0.717, 1.165) is 43.3 Å². The van der Waals surface area contributed by atoms with Crippen LogP contribution in [0.4, 0.5) is 0 Å². The molecule has 0 spiro atoms. The number of piperidine rings is 1. The van der Waals surface area contributed by atoms with Gasteiger partial charge in [0.1, 0.15) is 0 Å². The average Bonchev–Trinajstić information content (AvgIpc) is 3.35. The van der Waals surface area contributed by atoms with Gasteiger partial charge in [-0.25, -0.2) is 0 Å². The minimum absolute atomic E-state index is 0.0549. The second-order valence-electron chi connectivity index (χ2n) is 8.68. The number of hydrogen-bond donors (Lipinski definition) is 1. The molecule has 4 rings (SSSR count). The minimum Gasteiger partial charge on any atom is -0.352 e. The molecule has 3 aliphatic rings. The van der Waals surface area contributed by atoms with E-state index in [-0.39, 0.29) is 17.7 Å². The second-order valence-corrected chi connectivity index (χ2v) is 9.63. The zero-order chi connectivity index (χ0) is 19.3. The number of rotatable bonds is 4. The maximum atomic E-state index is 12.8. The van der Waals surface area contributed by atoms with Crippen LogP contribution in [-0.2, 0) is 4.79 Å². The molecular formula is C22H33N3O2S. The van der Waals surface area contributed by atoms with Gasteiger partial charge >= 0.3 is 0 Å². The third-order valence-corrected chi connectivity index (χ3v) is 7.65. The maximum absolute atomic E-state index is 12.8. The summed E-state index contributed by atoms with van der Waals surface area (Å²) in [6, 6.07) is 4.83. The zero-order valence-electron chi connectivity index (χ0n) is 16.8. The van der Waals surface area contributed by atoms with E-state index in [1.54, 1.807) is 0 Å². The Morgan fingerprint density at radius 2 is 1.71 bits per heavy atom. The maximum Gasteiger partial charge on any atom is 0.263 e. The molecule has 28 heavy (non-hydrogen) atoms. The van der Waals surface area contributed by atoms with Crippen LogP contribution in [0.25, 0.3) is 0 Å². The quantitative estimate of drug-likeness (QED) is 0.783. The van der Waals surface area contributed by atoms with E-state index in [2.05, 4.69) is 10.2 Å². The molecule has 1 aromatic rings. The van der Waals surface area contributed by atoms with Crippen molar-refractivity contribution in [3.63, 3.8) is 0 Å². The number of thiophene rings is 1. The van der Waals surface area contributed by atoms with Crippen molar-refractivity contribution >= 4 is 23.2 Å². The fourth-order valence-corrected chi connectivity index (χ4v) is 5.77. The predicted molar refractivity (Wildman–Crippen MR) is 113 cm³/mol. The predicted octanol–water partition coefficient (Wildman–Crippen LogP) is 3.51. The standard InChI is InChI=1S/C22H33N3O2S/c26-21(17-9-12-24(13-10-17)22(27)20-8-5-15-28-20)23-18-11-14-25(16-18)19-6-3-1-2-4-7-19/h5,8,15,17-19H,1-4,6-7,9-14,16H2,(H,23,26). The van der Waals surface area contributed by atoms with Gasteiger partial charge in [0.2, 0.25) is 5.91 Å². The third kappa shape index (κ3) is 4.77. The highest BCUT2D eigenvalue weighted by molar-refractivity contribution is 7.12. The molecule has 1 saturated carbocycles. The Kier molecular flexibility index (Phi) is 6.68. The molecule has 6 heteroatoms. The fraction of sp³-hybridized carbons (Fsp3) is 0.727. The lowest BCUT2D eigenvalue weighted by Crippen LogP contribution is -2.46. The van der Waals surface area contributed by atoms with Crippen LogP contribution in [0.5, 0.6) is 0 Å². The number of nitrogens with one attached hydrogen (secondary N) is 1. The van der Waals surface area contributed by atoms with E-state index in [0.29, 0.717) is 19.1 Å². The number of amides is 2. The van der Waals surface area contributed by atoms with E-state index in [4.69, 9.17) is 0 Å². The lowest BCUT2D eigenvalue weighted by Gasteiger charge is -2.32. The van der Waals surface area contributed by atoms with Gasteiger partial charge in [-0.05, 0) is 43.6 Å². The Hall–Kier alpha value is -1.40. The molecule has 3 fully saturated rings. The Morgan fingerprint density at radius 3 is 2.39 bits per heavy atom. The summed E-state index contributed by atoms with van der Waals surface area (Å²) in [4.78, 5) is 30.5. The van der Waals surface area contributed by atoms with E-state index in [1.165, 1.54) is 49.9 Å². The van der Waals surface area contributed by atoms with Crippen molar-refractivity contribution in [2.45, 2.75) is 69.9 Å². The van der Waals surface area contributed by atoms with Crippen molar-refractivity contribution in [2.24, 2.45) is 5.92 Å². The van der Waals surface area contributed by atoms with Crippen molar-refractivity contribution in [1.82, 2.24) is 15.1 Å². The minimum atomic E-state index is 0.0549. The van der Waals surface area contributed by atoms with Gasteiger partial charge in [0.15, 0.2) is 0 Å². The van der Waals surface area contributed by atoms with E-state index in [9.17, 15) is 9.59 Å². The third-order valence-electron chi connectivity index (χ3n) is 6.79. The van der Waals surface area contributed by atoms with Gasteiger partial charge in [-0.1, -0.05) is 31.7 Å². The van der Waals surface area contributed by atoms with Crippen LogP contribution in [-0.4, -0.2) is 59.9 Å². The molecule has 3 heterocycles. The summed E-state index contributed by atoms with van der Waals surface area (Å²) < 4.78 is 0. The molecule has 0 bridgehead atoms.